The quantitative estimate of drug-likeness (QED) is 0.0571. The topological polar surface area (TPSA) is 56.5 Å². The van der Waals surface area contributed by atoms with Gasteiger partial charge in [-0.1, -0.05) is 94.8 Å². The Hall–Kier alpha value is -3.47. The summed E-state index contributed by atoms with van der Waals surface area (Å²) in [4.78, 5) is 26.9. The second-order valence-electron chi connectivity index (χ2n) is 9.31. The lowest BCUT2D eigenvalue weighted by atomic mass is 9.99. The van der Waals surface area contributed by atoms with Crippen LogP contribution in [0.2, 0.25) is 0 Å². The average Bonchev–Trinajstić information content (AvgIpc) is 2.93. The van der Waals surface area contributed by atoms with Crippen LogP contribution in [0.3, 0.4) is 0 Å². The van der Waals surface area contributed by atoms with Crippen molar-refractivity contribution >= 4 is 28.4 Å². The number of fused-ring (bicyclic) bond motifs is 1. The van der Waals surface area contributed by atoms with E-state index in [4.69, 9.17) is 9.47 Å². The molecule has 3 rings (SSSR count). The number of carbonyl (C=O) groups excluding carboxylic acids is 2. The third kappa shape index (κ3) is 8.56. The monoisotopic (exact) mass is 502 g/mol. The summed E-state index contributed by atoms with van der Waals surface area (Å²) in [5.74, 6) is -1.23. The van der Waals surface area contributed by atoms with Gasteiger partial charge < -0.3 is 9.47 Å². The van der Waals surface area contributed by atoms with Crippen LogP contribution in [0.25, 0.3) is 16.5 Å². The number of carbonyl (C=O) groups is 2. The molecule has 0 aliphatic heterocycles. The predicted molar refractivity (Wildman–Crippen MR) is 148 cm³/mol. The van der Waals surface area contributed by atoms with Gasteiger partial charge in [0.05, 0.1) is 13.2 Å². The minimum atomic E-state index is -0.616. The van der Waals surface area contributed by atoms with E-state index in [2.05, 4.69) is 18.4 Å². The number of para-hydroxylation sites is 1. The van der Waals surface area contributed by atoms with Gasteiger partial charge >= 0.3 is 11.9 Å². The Labute approximate surface area is 221 Å². The van der Waals surface area contributed by atoms with Crippen LogP contribution in [0.5, 0.6) is 0 Å². The molecule has 0 radical (unpaired) electrons. The van der Waals surface area contributed by atoms with Gasteiger partial charge in [-0.3, -0.25) is 0 Å². The molecule has 0 saturated heterocycles. The van der Waals surface area contributed by atoms with Crippen molar-refractivity contribution in [3.8, 4) is 0 Å². The number of aromatic nitrogens is 1. The van der Waals surface area contributed by atoms with Gasteiger partial charge in [0.15, 0.2) is 18.3 Å². The molecule has 2 aromatic carbocycles. The van der Waals surface area contributed by atoms with Gasteiger partial charge in [-0.2, -0.15) is 4.57 Å². The Morgan fingerprint density at radius 1 is 0.676 bits per heavy atom. The van der Waals surface area contributed by atoms with E-state index < -0.39 is 11.9 Å². The number of nitrogens with zero attached hydrogens (tertiary/aromatic N) is 1. The van der Waals surface area contributed by atoms with Crippen LogP contribution in [0.4, 0.5) is 0 Å². The molecule has 0 atom stereocenters. The van der Waals surface area contributed by atoms with Crippen molar-refractivity contribution in [3.63, 3.8) is 0 Å². The van der Waals surface area contributed by atoms with Crippen LogP contribution in [0.1, 0.15) is 70.8 Å². The van der Waals surface area contributed by atoms with E-state index in [1.54, 1.807) is 0 Å². The van der Waals surface area contributed by atoms with Crippen molar-refractivity contribution in [2.45, 2.75) is 71.8 Å². The highest BCUT2D eigenvalue weighted by Gasteiger charge is 2.29. The lowest BCUT2D eigenvalue weighted by Crippen LogP contribution is -2.36. The summed E-state index contributed by atoms with van der Waals surface area (Å²) < 4.78 is 13.3. The normalized spacial score (nSPS) is 10.8. The first kappa shape index (κ1) is 28.1. The van der Waals surface area contributed by atoms with E-state index in [0.717, 1.165) is 67.8 Å². The molecule has 1 heterocycles. The smallest absolute Gasteiger partial charge is 0.346 e. The summed E-state index contributed by atoms with van der Waals surface area (Å²) in [6, 6.07) is 21.7. The van der Waals surface area contributed by atoms with Crippen LogP contribution < -0.4 is 4.57 Å². The first-order valence-electron chi connectivity index (χ1n) is 13.7. The second-order valence-corrected chi connectivity index (χ2v) is 9.31. The zero-order chi connectivity index (χ0) is 26.3. The van der Waals surface area contributed by atoms with Crippen molar-refractivity contribution < 1.29 is 23.6 Å². The maximum Gasteiger partial charge on any atom is 0.346 e. The number of pyridine rings is 1. The highest BCUT2D eigenvalue weighted by Crippen LogP contribution is 2.23. The number of hydrogen-bond donors (Lipinski definition) is 0. The zero-order valence-corrected chi connectivity index (χ0v) is 22.3. The third-order valence-corrected chi connectivity index (χ3v) is 6.41. The predicted octanol–water partition coefficient (Wildman–Crippen LogP) is 6.83. The highest BCUT2D eigenvalue weighted by atomic mass is 16.6. The molecule has 1 aromatic heterocycles. The second kappa shape index (κ2) is 15.6. The molecule has 0 fully saturated rings. The highest BCUT2D eigenvalue weighted by molar-refractivity contribution is 6.20. The molecule has 0 N–H and O–H groups in total. The molecular weight excluding hydrogens is 462 g/mol. The number of allylic oxidation sites excluding steroid dienone is 1. The lowest BCUT2D eigenvalue weighted by molar-refractivity contribution is -0.658. The van der Waals surface area contributed by atoms with Crippen molar-refractivity contribution in [1.29, 1.82) is 0 Å². The van der Waals surface area contributed by atoms with Crippen LogP contribution in [-0.4, -0.2) is 25.2 Å². The molecule has 0 aliphatic rings. The Morgan fingerprint density at radius 3 is 1.86 bits per heavy atom. The summed E-state index contributed by atoms with van der Waals surface area (Å²) in [6.07, 6.45) is 9.88. The lowest BCUT2D eigenvalue weighted by Gasteiger charge is -2.14. The number of benzene rings is 2. The molecule has 37 heavy (non-hydrogen) atoms. The number of hydrogen-bond acceptors (Lipinski definition) is 4. The van der Waals surface area contributed by atoms with Crippen LogP contribution in [0, 0.1) is 0 Å². The maximum absolute atomic E-state index is 13.4. The number of ether oxygens (including phenoxy) is 2. The van der Waals surface area contributed by atoms with Crippen molar-refractivity contribution in [2.75, 3.05) is 13.2 Å². The largest absolute Gasteiger partial charge is 0.462 e. The van der Waals surface area contributed by atoms with Crippen LogP contribution in [0.15, 0.2) is 78.5 Å². The molecule has 0 spiro atoms. The molecule has 0 aliphatic carbocycles. The maximum atomic E-state index is 13.4. The van der Waals surface area contributed by atoms with Gasteiger partial charge in [0.1, 0.15) is 0 Å². The number of esters is 2. The van der Waals surface area contributed by atoms with E-state index in [9.17, 15) is 9.59 Å². The van der Waals surface area contributed by atoms with Crippen molar-refractivity contribution in [2.24, 2.45) is 0 Å². The summed E-state index contributed by atoms with van der Waals surface area (Å²) >= 11 is 0. The van der Waals surface area contributed by atoms with Crippen LogP contribution >= 0.6 is 0 Å². The first-order chi connectivity index (χ1) is 18.2. The number of rotatable bonds is 15. The molecule has 0 amide bonds. The Bertz CT molecular complexity index is 1140. The standard InChI is InChI=1S/C32H40NO4/c1-3-5-7-14-23-36-31(34)30(32(35)37-24-15-8-6-4-2)28(26-17-10-9-11-18-26)25-33-22-16-20-27-19-12-13-21-29(27)33/h9-13,16-22H,3-8,14-15,23-25H2,1-2H3/q+1. The van der Waals surface area contributed by atoms with Crippen molar-refractivity contribution in [1.82, 2.24) is 0 Å². The molecule has 196 valence electrons. The Kier molecular flexibility index (Phi) is 11.9. The first-order valence-corrected chi connectivity index (χ1v) is 13.7. The van der Waals surface area contributed by atoms with Gasteiger partial charge in [0, 0.05) is 23.1 Å². The minimum absolute atomic E-state index is 0.0161. The van der Waals surface area contributed by atoms with E-state index >= 15 is 0 Å². The molecule has 0 unspecified atom stereocenters. The molecule has 3 aromatic rings. The van der Waals surface area contributed by atoms with E-state index in [1.807, 2.05) is 72.9 Å². The number of unbranched alkanes of at least 4 members (excludes halogenated alkanes) is 6. The van der Waals surface area contributed by atoms with Gasteiger partial charge in [-0.05, 0) is 30.5 Å². The molecule has 0 saturated carbocycles. The summed E-state index contributed by atoms with van der Waals surface area (Å²) in [7, 11) is 0. The Balaban J connectivity index is 1.99. The Morgan fingerprint density at radius 2 is 1.24 bits per heavy atom. The fourth-order valence-electron chi connectivity index (χ4n) is 4.34. The summed E-state index contributed by atoms with van der Waals surface area (Å²) in [5, 5.41) is 1.08. The van der Waals surface area contributed by atoms with E-state index in [-0.39, 0.29) is 18.8 Å². The molecule has 0 bridgehead atoms. The average molecular weight is 503 g/mol. The third-order valence-electron chi connectivity index (χ3n) is 6.41. The SMILES string of the molecule is CCCCCCOC(=O)C(C(=O)OCCCCCC)=C(C[n+]1cccc2ccccc21)c1ccccc1. The molecule has 5 nitrogen and oxygen atoms in total. The van der Waals surface area contributed by atoms with Crippen molar-refractivity contribution in [3.05, 3.63) is 84.1 Å². The summed E-state index contributed by atoms with van der Waals surface area (Å²) in [5.41, 5.74) is 2.39. The fraction of sp³-hybridized carbons (Fsp3) is 0.406. The minimum Gasteiger partial charge on any atom is -0.462 e. The fourth-order valence-corrected chi connectivity index (χ4v) is 4.34. The van der Waals surface area contributed by atoms with Gasteiger partial charge in [0.2, 0.25) is 5.52 Å². The van der Waals surface area contributed by atoms with E-state index in [0.29, 0.717) is 12.1 Å². The molecular formula is C32H40NO4+. The van der Waals surface area contributed by atoms with Gasteiger partial charge in [-0.15, -0.1) is 0 Å². The van der Waals surface area contributed by atoms with Gasteiger partial charge in [-0.25, -0.2) is 9.59 Å². The van der Waals surface area contributed by atoms with Crippen LogP contribution in [-0.2, 0) is 25.6 Å². The zero-order valence-electron chi connectivity index (χ0n) is 22.3. The molecule has 5 heteroatoms. The van der Waals surface area contributed by atoms with E-state index in [1.165, 1.54) is 0 Å². The summed E-state index contributed by atoms with van der Waals surface area (Å²) in [6.45, 7) is 5.18. The van der Waals surface area contributed by atoms with Gasteiger partial charge in [0.25, 0.3) is 0 Å².